The van der Waals surface area contributed by atoms with E-state index < -0.39 is 29.8 Å². The zero-order valence-electron chi connectivity index (χ0n) is 13.7. The number of aliphatic carboxylic acids is 1. The van der Waals surface area contributed by atoms with Crippen molar-refractivity contribution in [3.8, 4) is 11.5 Å². The monoisotopic (exact) mass is 362 g/mol. The molecule has 2 aromatic rings. The number of carboxylic acids is 1. The molecule has 2 rings (SSSR count). The highest BCUT2D eigenvalue weighted by Crippen LogP contribution is 2.25. The van der Waals surface area contributed by atoms with Crippen LogP contribution in [-0.2, 0) is 22.4 Å². The fourth-order valence-electron chi connectivity index (χ4n) is 2.38. The van der Waals surface area contributed by atoms with E-state index in [1.54, 1.807) is 0 Å². The fourth-order valence-corrected chi connectivity index (χ4v) is 2.38. The van der Waals surface area contributed by atoms with Gasteiger partial charge in [-0.2, -0.15) is 0 Å². The number of carbonyl (C=O) groups excluding carboxylic acids is 1. The number of amides is 1. The first-order chi connectivity index (χ1) is 12.3. The molecule has 0 spiro atoms. The number of carbonyl (C=O) groups is 2. The second-order valence-electron chi connectivity index (χ2n) is 5.86. The third kappa shape index (κ3) is 5.18. The molecular formula is C18H19FN2O5. The number of halogens is 1. The first-order valence-corrected chi connectivity index (χ1v) is 7.80. The summed E-state index contributed by atoms with van der Waals surface area (Å²) in [5.41, 5.74) is 6.86. The van der Waals surface area contributed by atoms with Gasteiger partial charge in [0, 0.05) is 6.42 Å². The van der Waals surface area contributed by atoms with E-state index in [-0.39, 0.29) is 24.3 Å². The first-order valence-electron chi connectivity index (χ1n) is 7.80. The van der Waals surface area contributed by atoms with E-state index in [0.717, 1.165) is 0 Å². The van der Waals surface area contributed by atoms with Crippen molar-refractivity contribution in [2.75, 3.05) is 0 Å². The van der Waals surface area contributed by atoms with Crippen LogP contribution in [0.25, 0.3) is 0 Å². The topological polar surface area (TPSA) is 133 Å². The molecule has 2 atom stereocenters. The molecule has 0 unspecified atom stereocenters. The number of phenols is 2. The molecule has 0 radical (unpaired) electrons. The van der Waals surface area contributed by atoms with Crippen LogP contribution in [-0.4, -0.2) is 39.3 Å². The van der Waals surface area contributed by atoms with Crippen LogP contribution < -0.4 is 11.1 Å². The van der Waals surface area contributed by atoms with Crippen molar-refractivity contribution in [1.82, 2.24) is 5.32 Å². The van der Waals surface area contributed by atoms with Gasteiger partial charge in [-0.1, -0.05) is 18.2 Å². The maximum absolute atomic E-state index is 12.9. The van der Waals surface area contributed by atoms with Crippen molar-refractivity contribution in [3.05, 3.63) is 59.4 Å². The van der Waals surface area contributed by atoms with Crippen LogP contribution in [0.5, 0.6) is 11.5 Å². The van der Waals surface area contributed by atoms with Gasteiger partial charge in [0.1, 0.15) is 11.9 Å². The van der Waals surface area contributed by atoms with Gasteiger partial charge in [0.15, 0.2) is 11.5 Å². The largest absolute Gasteiger partial charge is 0.504 e. The van der Waals surface area contributed by atoms with E-state index >= 15 is 0 Å². The van der Waals surface area contributed by atoms with E-state index in [1.807, 2.05) is 0 Å². The third-order valence-corrected chi connectivity index (χ3v) is 3.80. The Labute approximate surface area is 148 Å². The summed E-state index contributed by atoms with van der Waals surface area (Å²) < 4.78 is 12.9. The van der Waals surface area contributed by atoms with Gasteiger partial charge < -0.3 is 26.4 Å². The summed E-state index contributed by atoms with van der Waals surface area (Å²) in [5, 5.41) is 30.4. The zero-order valence-corrected chi connectivity index (χ0v) is 13.7. The quantitative estimate of drug-likeness (QED) is 0.465. The average Bonchev–Trinajstić information content (AvgIpc) is 2.59. The number of benzene rings is 2. The van der Waals surface area contributed by atoms with E-state index in [2.05, 4.69) is 5.32 Å². The molecule has 1 amide bonds. The van der Waals surface area contributed by atoms with Gasteiger partial charge in [0.2, 0.25) is 5.91 Å². The van der Waals surface area contributed by atoms with Crippen molar-refractivity contribution < 1.29 is 29.3 Å². The van der Waals surface area contributed by atoms with Gasteiger partial charge in [-0.15, -0.1) is 0 Å². The Morgan fingerprint density at radius 2 is 1.62 bits per heavy atom. The summed E-state index contributed by atoms with van der Waals surface area (Å²) in [6.45, 7) is 0. The summed E-state index contributed by atoms with van der Waals surface area (Å²) in [4.78, 5) is 23.6. The maximum atomic E-state index is 12.9. The van der Waals surface area contributed by atoms with Crippen molar-refractivity contribution >= 4 is 11.9 Å². The van der Waals surface area contributed by atoms with Crippen LogP contribution in [0.2, 0.25) is 0 Å². The van der Waals surface area contributed by atoms with Gasteiger partial charge in [-0.3, -0.25) is 4.79 Å². The van der Waals surface area contributed by atoms with Gasteiger partial charge >= 0.3 is 5.97 Å². The predicted octanol–water partition coefficient (Wildman–Crippen LogP) is 0.919. The highest BCUT2D eigenvalue weighted by Gasteiger charge is 2.24. The van der Waals surface area contributed by atoms with Crippen molar-refractivity contribution in [1.29, 1.82) is 0 Å². The molecule has 0 fully saturated rings. The van der Waals surface area contributed by atoms with Crippen LogP contribution in [0.15, 0.2) is 42.5 Å². The van der Waals surface area contributed by atoms with Gasteiger partial charge in [-0.25, -0.2) is 9.18 Å². The lowest BCUT2D eigenvalue weighted by Crippen LogP contribution is -2.50. The molecule has 0 aliphatic heterocycles. The van der Waals surface area contributed by atoms with Gasteiger partial charge in [0.05, 0.1) is 6.04 Å². The number of rotatable bonds is 7. The van der Waals surface area contributed by atoms with E-state index in [0.29, 0.717) is 11.1 Å². The minimum atomic E-state index is -1.24. The Balaban J connectivity index is 2.00. The maximum Gasteiger partial charge on any atom is 0.326 e. The van der Waals surface area contributed by atoms with Crippen LogP contribution >= 0.6 is 0 Å². The Hall–Kier alpha value is -3.13. The van der Waals surface area contributed by atoms with Gasteiger partial charge in [0.25, 0.3) is 0 Å². The number of aromatic hydroxyl groups is 2. The lowest BCUT2D eigenvalue weighted by molar-refractivity contribution is -0.141. The number of carboxylic acid groups (broad SMARTS) is 1. The minimum absolute atomic E-state index is 0.0198. The first kappa shape index (κ1) is 19.2. The molecule has 7 nitrogen and oxygen atoms in total. The molecule has 0 saturated carbocycles. The Bertz CT molecular complexity index is 795. The molecule has 0 aliphatic carbocycles. The molecule has 0 bridgehead atoms. The highest BCUT2D eigenvalue weighted by molar-refractivity contribution is 5.87. The molecule has 0 saturated heterocycles. The normalized spacial score (nSPS) is 13.0. The standard InChI is InChI=1S/C18H19FN2O5/c19-12-4-1-10(2-5-12)8-14(18(25)26)21-17(24)13(20)7-11-3-6-15(22)16(23)9-11/h1-6,9,13-14,22-23H,7-8,20H2,(H,21,24)(H,25,26)/t13-,14+/m0/s1. The molecule has 0 heterocycles. The molecule has 26 heavy (non-hydrogen) atoms. The zero-order chi connectivity index (χ0) is 19.3. The van der Waals surface area contributed by atoms with Crippen LogP contribution in [0.3, 0.4) is 0 Å². The molecule has 8 heteroatoms. The second kappa shape index (κ2) is 8.30. The number of nitrogens with two attached hydrogens (primary N) is 1. The molecule has 138 valence electrons. The highest BCUT2D eigenvalue weighted by atomic mass is 19.1. The van der Waals surface area contributed by atoms with Crippen molar-refractivity contribution in [2.24, 2.45) is 5.73 Å². The summed E-state index contributed by atoms with van der Waals surface area (Å²) in [6, 6.07) is 7.07. The molecule has 6 N–H and O–H groups in total. The number of hydrogen-bond donors (Lipinski definition) is 5. The summed E-state index contributed by atoms with van der Waals surface area (Å²) in [7, 11) is 0. The predicted molar refractivity (Wildman–Crippen MR) is 91.1 cm³/mol. The van der Waals surface area contributed by atoms with Gasteiger partial charge in [-0.05, 0) is 41.8 Å². The van der Waals surface area contributed by atoms with Crippen molar-refractivity contribution in [3.63, 3.8) is 0 Å². The van der Waals surface area contributed by atoms with E-state index in [1.165, 1.54) is 42.5 Å². The summed E-state index contributed by atoms with van der Waals surface area (Å²) in [6.07, 6.45) is 0.0244. The second-order valence-corrected chi connectivity index (χ2v) is 5.86. The number of hydrogen-bond acceptors (Lipinski definition) is 5. The van der Waals surface area contributed by atoms with Crippen LogP contribution in [0, 0.1) is 5.82 Å². The number of nitrogens with one attached hydrogen (secondary N) is 1. The Morgan fingerprint density at radius 3 is 2.19 bits per heavy atom. The lowest BCUT2D eigenvalue weighted by Gasteiger charge is -2.18. The molecular weight excluding hydrogens is 343 g/mol. The summed E-state index contributed by atoms with van der Waals surface area (Å²) >= 11 is 0. The Kier molecular flexibility index (Phi) is 6.13. The van der Waals surface area contributed by atoms with Crippen molar-refractivity contribution in [2.45, 2.75) is 24.9 Å². The van der Waals surface area contributed by atoms with Crippen LogP contribution in [0.1, 0.15) is 11.1 Å². The van der Waals surface area contributed by atoms with E-state index in [4.69, 9.17) is 5.73 Å². The minimum Gasteiger partial charge on any atom is -0.504 e. The molecule has 0 aromatic heterocycles. The van der Waals surface area contributed by atoms with E-state index in [9.17, 15) is 29.3 Å². The summed E-state index contributed by atoms with van der Waals surface area (Å²) in [5.74, 6) is -2.99. The lowest BCUT2D eigenvalue weighted by atomic mass is 10.0. The molecule has 0 aliphatic rings. The average molecular weight is 362 g/mol. The Morgan fingerprint density at radius 1 is 1.00 bits per heavy atom. The SMILES string of the molecule is N[C@@H](Cc1ccc(O)c(O)c1)C(=O)N[C@H](Cc1ccc(F)cc1)C(=O)O. The fraction of sp³-hybridized carbons (Fsp3) is 0.222. The number of phenolic OH excluding ortho intramolecular Hbond substituents is 2. The third-order valence-electron chi connectivity index (χ3n) is 3.80. The molecule has 2 aromatic carbocycles. The smallest absolute Gasteiger partial charge is 0.326 e. The van der Waals surface area contributed by atoms with Crippen LogP contribution in [0.4, 0.5) is 4.39 Å².